The Morgan fingerprint density at radius 1 is 1.04 bits per heavy atom. The molecule has 1 atom stereocenters. The van der Waals surface area contributed by atoms with Gasteiger partial charge in [0.05, 0.1) is 0 Å². The molecule has 0 aliphatic heterocycles. The van der Waals surface area contributed by atoms with Gasteiger partial charge in [0.15, 0.2) is 0 Å². The zero-order chi connectivity index (χ0) is 16.9. The Kier molecular flexibility index (Phi) is 5.93. The summed E-state index contributed by atoms with van der Waals surface area (Å²) in [6.45, 7) is 6.77. The summed E-state index contributed by atoms with van der Waals surface area (Å²) in [6, 6.07) is 16.1. The van der Waals surface area contributed by atoms with Crippen molar-refractivity contribution in [2.24, 2.45) is 0 Å². The Bertz CT molecular complexity index is 662. The highest BCUT2D eigenvalue weighted by Crippen LogP contribution is 2.34. The smallest absolute Gasteiger partial charge is 0.302 e. The molecule has 0 saturated heterocycles. The number of benzene rings is 2. The SMILES string of the molecule is CC(C)(C)c1ccc(OCCOS(=O)O)c(-c2ccccc2)c1. The first-order chi connectivity index (χ1) is 10.9. The quantitative estimate of drug-likeness (QED) is 0.636. The normalized spacial score (nSPS) is 12.9. The van der Waals surface area contributed by atoms with Crippen LogP contribution in [-0.4, -0.2) is 22.0 Å². The van der Waals surface area contributed by atoms with Gasteiger partial charge in [-0.25, -0.2) is 0 Å². The van der Waals surface area contributed by atoms with E-state index in [0.29, 0.717) is 0 Å². The van der Waals surface area contributed by atoms with Gasteiger partial charge in [-0.2, -0.15) is 4.21 Å². The van der Waals surface area contributed by atoms with E-state index in [4.69, 9.17) is 9.29 Å². The molecule has 1 unspecified atom stereocenters. The van der Waals surface area contributed by atoms with Gasteiger partial charge in [0.2, 0.25) is 0 Å². The highest BCUT2D eigenvalue weighted by atomic mass is 32.2. The molecule has 2 rings (SSSR count). The van der Waals surface area contributed by atoms with Crippen LogP contribution in [0.15, 0.2) is 48.5 Å². The summed E-state index contributed by atoms with van der Waals surface area (Å²) in [6.07, 6.45) is 0. The van der Waals surface area contributed by atoms with Crippen molar-refractivity contribution in [1.29, 1.82) is 0 Å². The number of hydrogen-bond acceptors (Lipinski definition) is 3. The monoisotopic (exact) mass is 334 g/mol. The van der Waals surface area contributed by atoms with E-state index in [0.717, 1.165) is 16.9 Å². The molecule has 0 aliphatic carbocycles. The first-order valence-corrected chi connectivity index (χ1v) is 8.48. The van der Waals surface area contributed by atoms with Crippen molar-refractivity contribution in [3.63, 3.8) is 0 Å². The summed E-state index contributed by atoms with van der Waals surface area (Å²) < 4.78 is 29.4. The minimum Gasteiger partial charge on any atom is -0.490 e. The summed E-state index contributed by atoms with van der Waals surface area (Å²) >= 11 is -2.26. The average molecular weight is 334 g/mol. The van der Waals surface area contributed by atoms with E-state index in [2.05, 4.69) is 31.0 Å². The minimum absolute atomic E-state index is 0.0406. The van der Waals surface area contributed by atoms with Gasteiger partial charge in [0.25, 0.3) is 0 Å². The molecule has 0 heterocycles. The lowest BCUT2D eigenvalue weighted by Crippen LogP contribution is -2.12. The van der Waals surface area contributed by atoms with Gasteiger partial charge in [0.1, 0.15) is 19.0 Å². The fourth-order valence-corrected chi connectivity index (χ4v) is 2.43. The largest absolute Gasteiger partial charge is 0.490 e. The lowest BCUT2D eigenvalue weighted by Gasteiger charge is -2.21. The van der Waals surface area contributed by atoms with Crippen LogP contribution in [-0.2, 0) is 21.0 Å². The molecule has 23 heavy (non-hydrogen) atoms. The number of hydrogen-bond donors (Lipinski definition) is 1. The van der Waals surface area contributed by atoms with Crippen LogP contribution in [0, 0.1) is 0 Å². The van der Waals surface area contributed by atoms with Crippen molar-refractivity contribution in [3.05, 3.63) is 54.1 Å². The topological polar surface area (TPSA) is 55.8 Å². The third kappa shape index (κ3) is 5.16. The van der Waals surface area contributed by atoms with E-state index in [1.165, 1.54) is 5.56 Å². The number of rotatable bonds is 6. The van der Waals surface area contributed by atoms with Crippen molar-refractivity contribution in [1.82, 2.24) is 0 Å². The van der Waals surface area contributed by atoms with Gasteiger partial charge in [-0.1, -0.05) is 57.2 Å². The van der Waals surface area contributed by atoms with Gasteiger partial charge in [-0.05, 0) is 28.7 Å². The van der Waals surface area contributed by atoms with Gasteiger partial charge >= 0.3 is 11.4 Å². The summed E-state index contributed by atoms with van der Waals surface area (Å²) in [5.74, 6) is 0.733. The predicted octanol–water partition coefficient (Wildman–Crippen LogP) is 4.18. The third-order valence-corrected chi connectivity index (χ3v) is 3.82. The predicted molar refractivity (Wildman–Crippen MR) is 92.8 cm³/mol. The summed E-state index contributed by atoms with van der Waals surface area (Å²) in [4.78, 5) is 0. The Hall–Kier alpha value is -1.69. The van der Waals surface area contributed by atoms with E-state index >= 15 is 0 Å². The minimum atomic E-state index is -2.26. The molecular formula is C18H22O4S. The molecule has 0 fully saturated rings. The number of ether oxygens (including phenoxy) is 1. The van der Waals surface area contributed by atoms with Gasteiger partial charge in [-0.3, -0.25) is 8.74 Å². The fourth-order valence-electron chi connectivity index (χ4n) is 2.22. The highest BCUT2D eigenvalue weighted by molar-refractivity contribution is 7.74. The first-order valence-electron chi connectivity index (χ1n) is 7.45. The molecule has 0 aliphatic rings. The lowest BCUT2D eigenvalue weighted by molar-refractivity contribution is 0.218. The molecule has 1 N–H and O–H groups in total. The maximum absolute atomic E-state index is 10.5. The Labute approximate surface area is 139 Å². The summed E-state index contributed by atoms with van der Waals surface area (Å²) in [5, 5.41) is 0. The van der Waals surface area contributed by atoms with Crippen LogP contribution in [0.5, 0.6) is 5.75 Å². The van der Waals surface area contributed by atoms with Crippen molar-refractivity contribution >= 4 is 11.4 Å². The maximum Gasteiger partial charge on any atom is 0.302 e. The van der Waals surface area contributed by atoms with Gasteiger partial charge < -0.3 is 4.74 Å². The van der Waals surface area contributed by atoms with Gasteiger partial charge in [0, 0.05) is 5.56 Å². The van der Waals surface area contributed by atoms with Crippen LogP contribution < -0.4 is 4.74 Å². The molecule has 4 nitrogen and oxygen atoms in total. The van der Waals surface area contributed by atoms with Crippen molar-refractivity contribution in [2.45, 2.75) is 26.2 Å². The summed E-state index contributed by atoms with van der Waals surface area (Å²) in [7, 11) is 0. The maximum atomic E-state index is 10.5. The van der Waals surface area contributed by atoms with Crippen LogP contribution in [0.1, 0.15) is 26.3 Å². The van der Waals surface area contributed by atoms with E-state index < -0.39 is 11.4 Å². The molecule has 0 saturated carbocycles. The Morgan fingerprint density at radius 2 is 1.74 bits per heavy atom. The van der Waals surface area contributed by atoms with Crippen LogP contribution in [0.3, 0.4) is 0 Å². The third-order valence-electron chi connectivity index (χ3n) is 3.46. The zero-order valence-electron chi connectivity index (χ0n) is 13.6. The molecule has 0 bridgehead atoms. The molecule has 0 radical (unpaired) electrons. The van der Waals surface area contributed by atoms with Crippen molar-refractivity contribution < 1.29 is 17.7 Å². The molecule has 0 aromatic heterocycles. The molecule has 0 amide bonds. The zero-order valence-corrected chi connectivity index (χ0v) is 14.4. The van der Waals surface area contributed by atoms with E-state index in [1.807, 2.05) is 42.5 Å². The Morgan fingerprint density at radius 3 is 2.35 bits per heavy atom. The molecule has 124 valence electrons. The second-order valence-electron chi connectivity index (χ2n) is 6.21. The van der Waals surface area contributed by atoms with E-state index in [1.54, 1.807) is 0 Å². The molecule has 2 aromatic carbocycles. The molecule has 0 spiro atoms. The van der Waals surface area contributed by atoms with Gasteiger partial charge in [-0.15, -0.1) is 0 Å². The van der Waals surface area contributed by atoms with E-state index in [-0.39, 0.29) is 18.6 Å². The summed E-state index contributed by atoms with van der Waals surface area (Å²) in [5.41, 5.74) is 3.33. The molecular weight excluding hydrogens is 312 g/mol. The Balaban J connectivity index is 2.28. The van der Waals surface area contributed by atoms with Crippen LogP contribution in [0.4, 0.5) is 0 Å². The van der Waals surface area contributed by atoms with Crippen molar-refractivity contribution in [3.8, 4) is 16.9 Å². The lowest BCUT2D eigenvalue weighted by atomic mass is 9.85. The van der Waals surface area contributed by atoms with Crippen LogP contribution in [0.25, 0.3) is 11.1 Å². The molecule has 5 heteroatoms. The van der Waals surface area contributed by atoms with Crippen LogP contribution >= 0.6 is 0 Å². The average Bonchev–Trinajstić information content (AvgIpc) is 2.51. The molecule has 2 aromatic rings. The van der Waals surface area contributed by atoms with E-state index in [9.17, 15) is 4.21 Å². The van der Waals surface area contributed by atoms with Crippen molar-refractivity contribution in [2.75, 3.05) is 13.2 Å². The second-order valence-corrected chi connectivity index (χ2v) is 6.88. The fraction of sp³-hybridized carbons (Fsp3) is 0.333. The van der Waals surface area contributed by atoms with Crippen LogP contribution in [0.2, 0.25) is 0 Å². The standard InChI is InChI=1S/C18H22O4S/c1-18(2,3)15-9-10-17(21-11-12-22-23(19)20)16(13-15)14-7-5-4-6-8-14/h4-10,13H,11-12H2,1-3H3,(H,19,20). The second kappa shape index (κ2) is 7.73. The first kappa shape index (κ1) is 17.7. The highest BCUT2D eigenvalue weighted by Gasteiger charge is 2.16.